The average Bonchev–Trinajstić information content (AvgIpc) is 3.12. The standard InChI is InChI=1S/C28H29N3O3.2ClH/c1-27(2)15-19-14-22(33-5)25-21(16-28(3,4)34-25)23(19)24(31-27)17-6-8-18(9-7-17)26(32)30-20-10-12-29-13-11-20;;/h6-14H,15-16H2,1-5H3,(H,29,30,32);2*1H. The van der Waals surface area contributed by atoms with Crippen LogP contribution in [0.5, 0.6) is 11.5 Å². The van der Waals surface area contributed by atoms with Crippen molar-refractivity contribution in [1.82, 2.24) is 4.98 Å². The van der Waals surface area contributed by atoms with E-state index in [1.165, 1.54) is 5.56 Å². The maximum absolute atomic E-state index is 12.7. The monoisotopic (exact) mass is 527 g/mol. The van der Waals surface area contributed by atoms with E-state index in [1.807, 2.05) is 24.3 Å². The molecule has 0 saturated heterocycles. The molecule has 0 fully saturated rings. The van der Waals surface area contributed by atoms with Gasteiger partial charge >= 0.3 is 0 Å². The summed E-state index contributed by atoms with van der Waals surface area (Å²) in [6, 6.07) is 13.3. The normalized spacial score (nSPS) is 16.2. The second kappa shape index (κ2) is 10.1. The largest absolute Gasteiger partial charge is 0.493 e. The van der Waals surface area contributed by atoms with Crippen LogP contribution in [0.2, 0.25) is 0 Å². The Bertz CT molecular complexity index is 1300. The third-order valence-electron chi connectivity index (χ3n) is 6.26. The lowest BCUT2D eigenvalue weighted by Gasteiger charge is -2.31. The van der Waals surface area contributed by atoms with Crippen molar-refractivity contribution in [2.45, 2.75) is 51.7 Å². The molecule has 3 heterocycles. The molecule has 3 aromatic rings. The van der Waals surface area contributed by atoms with Gasteiger partial charge in [0, 0.05) is 46.8 Å². The number of pyridine rings is 1. The minimum atomic E-state index is -0.308. The number of hydrogen-bond donors (Lipinski definition) is 1. The SMILES string of the molecule is COc1cc2c(c3c1OC(C)(C)C3)C(c1ccc(C(=O)Nc3ccncc3)cc1)=NC(C)(C)C2.Cl.Cl. The highest BCUT2D eigenvalue weighted by Crippen LogP contribution is 2.47. The first-order chi connectivity index (χ1) is 16.2. The van der Waals surface area contributed by atoms with E-state index >= 15 is 0 Å². The van der Waals surface area contributed by atoms with Crippen LogP contribution in [0.3, 0.4) is 0 Å². The third-order valence-corrected chi connectivity index (χ3v) is 6.26. The number of nitrogens with zero attached hydrogens (tertiary/aromatic N) is 2. The average molecular weight is 528 g/mol. The number of aliphatic imine (C=N–C) groups is 1. The maximum atomic E-state index is 12.7. The van der Waals surface area contributed by atoms with Crippen LogP contribution in [0, 0.1) is 0 Å². The molecule has 0 atom stereocenters. The van der Waals surface area contributed by atoms with E-state index in [1.54, 1.807) is 31.6 Å². The first kappa shape index (κ1) is 27.5. The van der Waals surface area contributed by atoms with Gasteiger partial charge in [-0.05, 0) is 70.0 Å². The fourth-order valence-corrected chi connectivity index (χ4v) is 4.85. The van der Waals surface area contributed by atoms with Crippen LogP contribution >= 0.6 is 24.8 Å². The van der Waals surface area contributed by atoms with Gasteiger partial charge in [0.1, 0.15) is 5.60 Å². The minimum Gasteiger partial charge on any atom is -0.493 e. The summed E-state index contributed by atoms with van der Waals surface area (Å²) in [5.41, 5.74) is 6.14. The molecule has 0 bridgehead atoms. The van der Waals surface area contributed by atoms with Gasteiger partial charge in [-0.3, -0.25) is 14.8 Å². The molecule has 2 aliphatic heterocycles. The Balaban J connectivity index is 0.00000180. The second-order valence-electron chi connectivity index (χ2n) is 10.2. The van der Waals surface area contributed by atoms with Gasteiger partial charge in [-0.2, -0.15) is 0 Å². The maximum Gasteiger partial charge on any atom is 0.255 e. The van der Waals surface area contributed by atoms with E-state index in [4.69, 9.17) is 14.5 Å². The van der Waals surface area contributed by atoms with Gasteiger partial charge in [-0.15, -0.1) is 24.8 Å². The van der Waals surface area contributed by atoms with E-state index in [-0.39, 0.29) is 41.9 Å². The predicted octanol–water partition coefficient (Wildman–Crippen LogP) is 6.07. The molecule has 8 heteroatoms. The van der Waals surface area contributed by atoms with E-state index in [0.717, 1.165) is 46.7 Å². The molecule has 0 saturated carbocycles. The highest BCUT2D eigenvalue weighted by atomic mass is 35.5. The van der Waals surface area contributed by atoms with Crippen molar-refractivity contribution in [2.24, 2.45) is 4.99 Å². The molecule has 6 nitrogen and oxygen atoms in total. The van der Waals surface area contributed by atoms with E-state index in [9.17, 15) is 4.79 Å². The van der Waals surface area contributed by atoms with Crippen molar-refractivity contribution in [3.63, 3.8) is 0 Å². The van der Waals surface area contributed by atoms with Crippen LogP contribution in [0.4, 0.5) is 5.69 Å². The molecule has 2 aromatic carbocycles. The molecule has 2 aliphatic rings. The molecule has 1 aromatic heterocycles. The molecule has 36 heavy (non-hydrogen) atoms. The quantitative estimate of drug-likeness (QED) is 0.446. The Morgan fingerprint density at radius 3 is 2.31 bits per heavy atom. The number of nitrogens with one attached hydrogen (secondary N) is 1. The zero-order valence-corrected chi connectivity index (χ0v) is 22.7. The van der Waals surface area contributed by atoms with Crippen molar-refractivity contribution in [3.8, 4) is 11.5 Å². The molecule has 0 radical (unpaired) electrons. The van der Waals surface area contributed by atoms with Gasteiger partial charge in [-0.25, -0.2) is 0 Å². The van der Waals surface area contributed by atoms with Gasteiger partial charge in [-0.1, -0.05) is 12.1 Å². The third kappa shape index (κ3) is 5.20. The van der Waals surface area contributed by atoms with Crippen molar-refractivity contribution >= 4 is 42.1 Å². The van der Waals surface area contributed by atoms with Gasteiger partial charge in [0.15, 0.2) is 11.5 Å². The molecule has 0 spiro atoms. The number of ether oxygens (including phenoxy) is 2. The highest BCUT2D eigenvalue weighted by Gasteiger charge is 2.39. The number of anilines is 1. The molecular weight excluding hydrogens is 497 g/mol. The summed E-state index contributed by atoms with van der Waals surface area (Å²) in [6.45, 7) is 8.48. The lowest BCUT2D eigenvalue weighted by molar-refractivity contribution is 0.102. The molecule has 1 N–H and O–H groups in total. The summed E-state index contributed by atoms with van der Waals surface area (Å²) in [5, 5.41) is 2.90. The van der Waals surface area contributed by atoms with Crippen LogP contribution in [0.25, 0.3) is 0 Å². The van der Waals surface area contributed by atoms with Gasteiger partial charge in [0.05, 0.1) is 18.4 Å². The van der Waals surface area contributed by atoms with Gasteiger partial charge in [0.25, 0.3) is 5.91 Å². The summed E-state index contributed by atoms with van der Waals surface area (Å²) < 4.78 is 12.0. The highest BCUT2D eigenvalue weighted by molar-refractivity contribution is 6.16. The number of rotatable bonds is 4. The topological polar surface area (TPSA) is 72.8 Å². The summed E-state index contributed by atoms with van der Waals surface area (Å²) >= 11 is 0. The minimum absolute atomic E-state index is 0. The number of halogens is 2. The number of carbonyl (C=O) groups excluding carboxylic acids is 1. The van der Waals surface area contributed by atoms with Crippen LogP contribution in [-0.4, -0.2) is 34.9 Å². The number of hydrogen-bond acceptors (Lipinski definition) is 5. The number of carbonyl (C=O) groups is 1. The van der Waals surface area contributed by atoms with Gasteiger partial charge in [0.2, 0.25) is 0 Å². The molecule has 1 amide bonds. The molecule has 0 unspecified atom stereocenters. The Labute approximate surface area is 224 Å². The summed E-state index contributed by atoms with van der Waals surface area (Å²) in [6.07, 6.45) is 4.91. The van der Waals surface area contributed by atoms with E-state index in [2.05, 4.69) is 44.1 Å². The second-order valence-corrected chi connectivity index (χ2v) is 10.2. The molecule has 0 aliphatic carbocycles. The van der Waals surface area contributed by atoms with Crippen LogP contribution in [0.15, 0.2) is 59.9 Å². The van der Waals surface area contributed by atoms with Crippen LogP contribution < -0.4 is 14.8 Å². The lowest BCUT2D eigenvalue weighted by Crippen LogP contribution is -2.30. The van der Waals surface area contributed by atoms with Crippen molar-refractivity contribution in [1.29, 1.82) is 0 Å². The van der Waals surface area contributed by atoms with Crippen molar-refractivity contribution in [2.75, 3.05) is 12.4 Å². The molecule has 5 rings (SSSR count). The van der Waals surface area contributed by atoms with Crippen molar-refractivity contribution < 1.29 is 14.3 Å². The van der Waals surface area contributed by atoms with Crippen molar-refractivity contribution in [3.05, 3.63) is 82.7 Å². The number of benzene rings is 2. The lowest BCUT2D eigenvalue weighted by atomic mass is 9.81. The summed E-state index contributed by atoms with van der Waals surface area (Å²) in [5.74, 6) is 1.43. The van der Waals surface area contributed by atoms with Crippen LogP contribution in [-0.2, 0) is 12.8 Å². The van der Waals surface area contributed by atoms with E-state index in [0.29, 0.717) is 11.3 Å². The predicted molar refractivity (Wildman–Crippen MR) is 148 cm³/mol. The zero-order chi connectivity index (χ0) is 24.1. The zero-order valence-electron chi connectivity index (χ0n) is 21.0. The number of aromatic nitrogens is 1. The smallest absolute Gasteiger partial charge is 0.255 e. The molecule has 190 valence electrons. The fraction of sp³-hybridized carbons (Fsp3) is 0.321. The van der Waals surface area contributed by atoms with Gasteiger partial charge < -0.3 is 14.8 Å². The fourth-order valence-electron chi connectivity index (χ4n) is 4.85. The Kier molecular flexibility index (Phi) is 7.72. The summed E-state index contributed by atoms with van der Waals surface area (Å²) in [7, 11) is 1.69. The van der Waals surface area contributed by atoms with E-state index < -0.39 is 0 Å². The Morgan fingerprint density at radius 2 is 1.67 bits per heavy atom. The Hall–Kier alpha value is -3.09. The number of fused-ring (bicyclic) bond motifs is 3. The number of methoxy groups -OCH3 is 1. The number of amides is 1. The Morgan fingerprint density at radius 1 is 1.00 bits per heavy atom. The first-order valence-electron chi connectivity index (χ1n) is 11.5. The molecular formula is C28H31Cl2N3O3. The summed E-state index contributed by atoms with van der Waals surface area (Å²) in [4.78, 5) is 21.9. The van der Waals surface area contributed by atoms with Crippen LogP contribution in [0.1, 0.15) is 60.3 Å². The first-order valence-corrected chi connectivity index (χ1v) is 11.5.